The van der Waals surface area contributed by atoms with Gasteiger partial charge in [0, 0.05) is 31.2 Å². The number of halogens is 3. The second-order valence-electron chi connectivity index (χ2n) is 4.33. The Morgan fingerprint density at radius 2 is 1.94 bits per heavy atom. The van der Waals surface area contributed by atoms with Crippen LogP contribution in [-0.2, 0) is 6.54 Å². The van der Waals surface area contributed by atoms with Gasteiger partial charge in [-0.25, -0.2) is 8.78 Å². The number of hydrogen-bond acceptors (Lipinski definition) is 2. The van der Waals surface area contributed by atoms with Crippen molar-refractivity contribution in [2.75, 3.05) is 13.1 Å². The average Bonchev–Trinajstić information content (AvgIpc) is 2.65. The molecule has 1 unspecified atom stereocenters. The summed E-state index contributed by atoms with van der Waals surface area (Å²) in [6.07, 6.45) is -1.36. The molecule has 1 aliphatic heterocycles. The largest absolute Gasteiger partial charge is 0.326 e. The van der Waals surface area contributed by atoms with Crippen molar-refractivity contribution in [3.05, 3.63) is 35.4 Å². The van der Waals surface area contributed by atoms with Crippen LogP contribution in [0.2, 0.25) is 0 Å². The van der Waals surface area contributed by atoms with Gasteiger partial charge in [0.15, 0.2) is 0 Å². The van der Waals surface area contributed by atoms with Crippen LogP contribution < -0.4 is 5.73 Å². The summed E-state index contributed by atoms with van der Waals surface area (Å²) in [6.45, 7) is 2.70. The molecule has 0 amide bonds. The van der Waals surface area contributed by atoms with Gasteiger partial charge in [0.1, 0.15) is 0 Å². The third kappa shape index (κ3) is 3.91. The Bertz CT molecular complexity index is 343. The van der Waals surface area contributed by atoms with Crippen LogP contribution in [0.4, 0.5) is 8.78 Å². The van der Waals surface area contributed by atoms with Crippen LogP contribution in [0.25, 0.3) is 0 Å². The van der Waals surface area contributed by atoms with Crippen molar-refractivity contribution >= 4 is 12.4 Å². The first kappa shape index (κ1) is 14.4. The molecule has 1 heterocycles. The zero-order valence-corrected chi connectivity index (χ0v) is 10.3. The minimum Gasteiger partial charge on any atom is -0.326 e. The lowest BCUT2D eigenvalue weighted by Crippen LogP contribution is -2.26. The Balaban J connectivity index is 0.00000144. The van der Waals surface area contributed by atoms with Gasteiger partial charge in [-0.15, -0.1) is 12.4 Å². The number of benzene rings is 1. The second-order valence-corrected chi connectivity index (χ2v) is 4.33. The van der Waals surface area contributed by atoms with Gasteiger partial charge in [-0.05, 0) is 12.0 Å². The van der Waals surface area contributed by atoms with Crippen molar-refractivity contribution in [3.8, 4) is 0 Å². The third-order valence-electron chi connectivity index (χ3n) is 2.95. The molecule has 0 spiro atoms. The molecule has 0 aromatic heterocycles. The molecule has 1 fully saturated rings. The Morgan fingerprint density at radius 3 is 2.41 bits per heavy atom. The average molecular weight is 263 g/mol. The van der Waals surface area contributed by atoms with E-state index in [-0.39, 0.29) is 24.0 Å². The summed E-state index contributed by atoms with van der Waals surface area (Å²) in [5.41, 5.74) is 6.95. The molecule has 96 valence electrons. The Hall–Kier alpha value is -0.710. The number of nitrogens with zero attached hydrogens (tertiary/aromatic N) is 1. The second kappa shape index (κ2) is 6.28. The van der Waals surface area contributed by atoms with Crippen LogP contribution in [0.1, 0.15) is 24.0 Å². The number of rotatable bonds is 3. The zero-order chi connectivity index (χ0) is 11.5. The van der Waals surface area contributed by atoms with Crippen LogP contribution in [0.5, 0.6) is 0 Å². The van der Waals surface area contributed by atoms with Crippen LogP contribution in [0.3, 0.4) is 0 Å². The third-order valence-corrected chi connectivity index (χ3v) is 2.95. The van der Waals surface area contributed by atoms with Crippen LogP contribution in [-0.4, -0.2) is 24.0 Å². The maximum atomic E-state index is 12.3. The van der Waals surface area contributed by atoms with E-state index < -0.39 is 6.43 Å². The van der Waals surface area contributed by atoms with Crippen molar-refractivity contribution in [2.45, 2.75) is 25.4 Å². The van der Waals surface area contributed by atoms with E-state index in [2.05, 4.69) is 4.90 Å². The maximum absolute atomic E-state index is 12.3. The number of likely N-dealkylation sites (tertiary alicyclic amines) is 1. The van der Waals surface area contributed by atoms with Gasteiger partial charge in [-0.3, -0.25) is 4.90 Å². The molecule has 2 N–H and O–H groups in total. The van der Waals surface area contributed by atoms with Gasteiger partial charge in [0.2, 0.25) is 0 Å². The van der Waals surface area contributed by atoms with Gasteiger partial charge >= 0.3 is 0 Å². The van der Waals surface area contributed by atoms with E-state index in [0.717, 1.165) is 31.6 Å². The molecule has 2 rings (SSSR count). The van der Waals surface area contributed by atoms with E-state index in [1.54, 1.807) is 12.1 Å². The summed E-state index contributed by atoms with van der Waals surface area (Å²) < 4.78 is 24.7. The molecule has 0 saturated carbocycles. The predicted octanol–water partition coefficient (Wildman–Crippen LogP) is 2.58. The summed E-state index contributed by atoms with van der Waals surface area (Å²) >= 11 is 0. The molecule has 1 aromatic carbocycles. The number of nitrogens with two attached hydrogens (primary N) is 1. The molecular weight excluding hydrogens is 246 g/mol. The van der Waals surface area contributed by atoms with E-state index in [4.69, 9.17) is 5.73 Å². The van der Waals surface area contributed by atoms with Gasteiger partial charge in [-0.2, -0.15) is 0 Å². The fraction of sp³-hybridized carbons (Fsp3) is 0.500. The topological polar surface area (TPSA) is 29.3 Å². The van der Waals surface area contributed by atoms with Crippen molar-refractivity contribution in [2.24, 2.45) is 5.73 Å². The van der Waals surface area contributed by atoms with Gasteiger partial charge in [0.05, 0.1) is 0 Å². The maximum Gasteiger partial charge on any atom is 0.263 e. The summed E-state index contributed by atoms with van der Waals surface area (Å²) in [5, 5.41) is 0. The van der Waals surface area contributed by atoms with E-state index in [9.17, 15) is 8.78 Å². The Labute approximate surface area is 106 Å². The van der Waals surface area contributed by atoms with E-state index in [1.165, 1.54) is 12.1 Å². The van der Waals surface area contributed by atoms with Crippen molar-refractivity contribution < 1.29 is 8.78 Å². The Morgan fingerprint density at radius 1 is 1.29 bits per heavy atom. The zero-order valence-electron chi connectivity index (χ0n) is 9.48. The molecule has 17 heavy (non-hydrogen) atoms. The molecule has 1 saturated heterocycles. The highest BCUT2D eigenvalue weighted by Gasteiger charge is 2.18. The van der Waals surface area contributed by atoms with E-state index in [1.807, 2.05) is 0 Å². The van der Waals surface area contributed by atoms with Crippen LogP contribution in [0, 0.1) is 0 Å². The molecule has 2 nitrogen and oxygen atoms in total. The summed E-state index contributed by atoms with van der Waals surface area (Å²) in [5.74, 6) is 0. The van der Waals surface area contributed by atoms with Gasteiger partial charge < -0.3 is 5.73 Å². The van der Waals surface area contributed by atoms with Crippen molar-refractivity contribution in [1.82, 2.24) is 4.90 Å². The lowest BCUT2D eigenvalue weighted by atomic mass is 10.1. The van der Waals surface area contributed by atoms with Crippen molar-refractivity contribution in [3.63, 3.8) is 0 Å². The molecular formula is C12H17ClF2N2. The molecule has 1 aliphatic rings. The van der Waals surface area contributed by atoms with Gasteiger partial charge in [-0.1, -0.05) is 24.3 Å². The first-order chi connectivity index (χ1) is 7.65. The molecule has 1 atom stereocenters. The minimum atomic E-state index is -2.38. The summed E-state index contributed by atoms with van der Waals surface area (Å²) in [6, 6.07) is 6.79. The predicted molar refractivity (Wildman–Crippen MR) is 66.5 cm³/mol. The summed E-state index contributed by atoms with van der Waals surface area (Å²) in [7, 11) is 0. The van der Waals surface area contributed by atoms with Crippen molar-refractivity contribution in [1.29, 1.82) is 0 Å². The molecule has 1 aromatic rings. The SMILES string of the molecule is Cl.NC1CCN(Cc2ccc(C(F)F)cc2)C1. The Kier molecular flexibility index (Phi) is 5.31. The number of alkyl halides is 2. The molecule has 5 heteroatoms. The normalized spacial score (nSPS) is 20.6. The standard InChI is InChI=1S/C12H16F2N2.ClH/c13-12(14)10-3-1-9(2-4-10)7-16-6-5-11(15)8-16;/h1-4,11-12H,5-8,15H2;1H. The first-order valence-electron chi connectivity index (χ1n) is 5.50. The number of hydrogen-bond donors (Lipinski definition) is 1. The van der Waals surface area contributed by atoms with E-state index >= 15 is 0 Å². The smallest absolute Gasteiger partial charge is 0.263 e. The summed E-state index contributed by atoms with van der Waals surface area (Å²) in [4.78, 5) is 2.25. The highest BCUT2D eigenvalue weighted by Crippen LogP contribution is 2.20. The molecule has 0 aliphatic carbocycles. The minimum absolute atomic E-state index is 0. The fourth-order valence-electron chi connectivity index (χ4n) is 2.03. The van der Waals surface area contributed by atoms with E-state index in [0.29, 0.717) is 0 Å². The molecule has 0 bridgehead atoms. The lowest BCUT2D eigenvalue weighted by molar-refractivity contribution is 0.151. The first-order valence-corrected chi connectivity index (χ1v) is 5.50. The highest BCUT2D eigenvalue weighted by atomic mass is 35.5. The molecule has 0 radical (unpaired) electrons. The lowest BCUT2D eigenvalue weighted by Gasteiger charge is -2.15. The van der Waals surface area contributed by atoms with Crippen LogP contribution in [0.15, 0.2) is 24.3 Å². The highest BCUT2D eigenvalue weighted by molar-refractivity contribution is 5.85. The quantitative estimate of drug-likeness (QED) is 0.907. The van der Waals surface area contributed by atoms with Gasteiger partial charge in [0.25, 0.3) is 6.43 Å². The fourth-order valence-corrected chi connectivity index (χ4v) is 2.03. The monoisotopic (exact) mass is 262 g/mol. The van der Waals surface area contributed by atoms with Crippen LogP contribution >= 0.6 is 12.4 Å².